The number of para-hydroxylation sites is 1. The molecular formula is C23H26N2O3. The SMILES string of the molecule is Cc1ccc(C(=O)CCC(=O)Nc2ccccc2C(=O)N2CCCCC2)cc1. The van der Waals surface area contributed by atoms with Crippen molar-refractivity contribution in [2.45, 2.75) is 39.0 Å². The highest BCUT2D eigenvalue weighted by Gasteiger charge is 2.21. The highest BCUT2D eigenvalue weighted by molar-refractivity contribution is 6.05. The van der Waals surface area contributed by atoms with Crippen molar-refractivity contribution in [3.05, 3.63) is 65.2 Å². The maximum atomic E-state index is 12.8. The number of rotatable bonds is 6. The second kappa shape index (κ2) is 9.31. The van der Waals surface area contributed by atoms with Crippen molar-refractivity contribution >= 4 is 23.3 Å². The Morgan fingerprint density at radius 1 is 0.893 bits per heavy atom. The summed E-state index contributed by atoms with van der Waals surface area (Å²) in [4.78, 5) is 39.3. The van der Waals surface area contributed by atoms with Gasteiger partial charge in [0, 0.05) is 31.5 Å². The quantitative estimate of drug-likeness (QED) is 0.765. The number of nitrogens with one attached hydrogen (secondary N) is 1. The van der Waals surface area contributed by atoms with Gasteiger partial charge >= 0.3 is 0 Å². The number of nitrogens with zero attached hydrogens (tertiary/aromatic N) is 1. The summed E-state index contributed by atoms with van der Waals surface area (Å²) < 4.78 is 0. The van der Waals surface area contributed by atoms with Crippen molar-refractivity contribution in [2.24, 2.45) is 0 Å². The van der Waals surface area contributed by atoms with Crippen LogP contribution in [0, 0.1) is 6.92 Å². The van der Waals surface area contributed by atoms with E-state index in [1.807, 2.05) is 24.0 Å². The van der Waals surface area contributed by atoms with E-state index in [2.05, 4.69) is 5.32 Å². The molecule has 1 fully saturated rings. The van der Waals surface area contributed by atoms with Crippen molar-refractivity contribution in [3.63, 3.8) is 0 Å². The number of piperidine rings is 1. The number of benzene rings is 2. The topological polar surface area (TPSA) is 66.5 Å². The minimum atomic E-state index is -0.264. The van der Waals surface area contributed by atoms with Gasteiger partial charge in [0.1, 0.15) is 0 Å². The molecule has 2 aromatic carbocycles. The van der Waals surface area contributed by atoms with Gasteiger partial charge in [-0.05, 0) is 38.3 Å². The molecule has 5 heteroatoms. The summed E-state index contributed by atoms with van der Waals surface area (Å²) in [5.41, 5.74) is 2.71. The molecule has 0 atom stereocenters. The number of hydrogen-bond donors (Lipinski definition) is 1. The molecular weight excluding hydrogens is 352 g/mol. The molecule has 0 bridgehead atoms. The number of hydrogen-bond acceptors (Lipinski definition) is 3. The van der Waals surface area contributed by atoms with Crippen LogP contribution in [0.25, 0.3) is 0 Å². The van der Waals surface area contributed by atoms with Crippen molar-refractivity contribution in [1.29, 1.82) is 0 Å². The minimum Gasteiger partial charge on any atom is -0.339 e. The molecule has 0 saturated carbocycles. The molecule has 0 aromatic heterocycles. The maximum absolute atomic E-state index is 12.8. The second-order valence-corrected chi connectivity index (χ2v) is 7.24. The Bertz CT molecular complexity index is 852. The molecule has 0 aliphatic carbocycles. The number of aryl methyl sites for hydroxylation is 1. The largest absolute Gasteiger partial charge is 0.339 e. The van der Waals surface area contributed by atoms with Crippen LogP contribution < -0.4 is 5.32 Å². The third kappa shape index (κ3) is 5.06. The van der Waals surface area contributed by atoms with Crippen LogP contribution in [-0.2, 0) is 4.79 Å². The van der Waals surface area contributed by atoms with E-state index in [0.717, 1.165) is 37.9 Å². The molecule has 0 unspecified atom stereocenters. The zero-order valence-electron chi connectivity index (χ0n) is 16.2. The fraction of sp³-hybridized carbons (Fsp3) is 0.348. The first-order chi connectivity index (χ1) is 13.5. The Hall–Kier alpha value is -2.95. The zero-order valence-corrected chi connectivity index (χ0v) is 16.2. The number of Topliss-reactive ketones (excluding diaryl/α,β-unsaturated/α-hetero) is 1. The van der Waals surface area contributed by atoms with E-state index in [-0.39, 0.29) is 30.4 Å². The maximum Gasteiger partial charge on any atom is 0.255 e. The average Bonchev–Trinajstić information content (AvgIpc) is 2.73. The van der Waals surface area contributed by atoms with Gasteiger partial charge in [0.05, 0.1) is 11.3 Å². The van der Waals surface area contributed by atoms with Crippen molar-refractivity contribution in [1.82, 2.24) is 4.90 Å². The molecule has 0 radical (unpaired) electrons. The number of amides is 2. The monoisotopic (exact) mass is 378 g/mol. The third-order valence-corrected chi connectivity index (χ3v) is 5.03. The molecule has 28 heavy (non-hydrogen) atoms. The summed E-state index contributed by atoms with van der Waals surface area (Å²) in [7, 11) is 0. The van der Waals surface area contributed by atoms with Crippen LogP contribution in [0.4, 0.5) is 5.69 Å². The summed E-state index contributed by atoms with van der Waals surface area (Å²) in [6, 6.07) is 14.4. The van der Waals surface area contributed by atoms with E-state index in [9.17, 15) is 14.4 Å². The molecule has 1 heterocycles. The lowest BCUT2D eigenvalue weighted by Crippen LogP contribution is -2.36. The molecule has 0 spiro atoms. The van der Waals surface area contributed by atoms with Gasteiger partial charge in [0.2, 0.25) is 5.91 Å². The average molecular weight is 378 g/mol. The molecule has 1 aliphatic heterocycles. The lowest BCUT2D eigenvalue weighted by Gasteiger charge is -2.27. The van der Waals surface area contributed by atoms with Crippen LogP contribution in [0.15, 0.2) is 48.5 Å². The van der Waals surface area contributed by atoms with E-state index in [4.69, 9.17) is 0 Å². The van der Waals surface area contributed by atoms with Gasteiger partial charge in [-0.1, -0.05) is 42.0 Å². The fourth-order valence-corrected chi connectivity index (χ4v) is 3.37. The molecule has 146 valence electrons. The lowest BCUT2D eigenvalue weighted by atomic mass is 10.0. The molecule has 1 N–H and O–H groups in total. The summed E-state index contributed by atoms with van der Waals surface area (Å²) in [5.74, 6) is -0.376. The Balaban J connectivity index is 1.60. The number of ketones is 1. The van der Waals surface area contributed by atoms with Gasteiger partial charge in [0.25, 0.3) is 5.91 Å². The first kappa shape index (κ1) is 19.8. The Labute approximate surface area is 165 Å². The number of anilines is 1. The molecule has 1 aliphatic rings. The van der Waals surface area contributed by atoms with Gasteiger partial charge < -0.3 is 10.2 Å². The highest BCUT2D eigenvalue weighted by Crippen LogP contribution is 2.20. The molecule has 3 rings (SSSR count). The van der Waals surface area contributed by atoms with Crippen LogP contribution in [-0.4, -0.2) is 35.6 Å². The van der Waals surface area contributed by atoms with Crippen molar-refractivity contribution < 1.29 is 14.4 Å². The Morgan fingerprint density at radius 3 is 2.29 bits per heavy atom. The van der Waals surface area contributed by atoms with Gasteiger partial charge in [-0.2, -0.15) is 0 Å². The second-order valence-electron chi connectivity index (χ2n) is 7.24. The normalized spacial score (nSPS) is 13.8. The minimum absolute atomic E-state index is 0.0497. The molecule has 2 amide bonds. The summed E-state index contributed by atoms with van der Waals surface area (Å²) >= 11 is 0. The van der Waals surface area contributed by atoms with Crippen LogP contribution in [0.1, 0.15) is 58.4 Å². The highest BCUT2D eigenvalue weighted by atomic mass is 16.2. The third-order valence-electron chi connectivity index (χ3n) is 5.03. The van der Waals surface area contributed by atoms with E-state index in [1.165, 1.54) is 0 Å². The molecule has 2 aromatic rings. The van der Waals surface area contributed by atoms with Crippen LogP contribution >= 0.6 is 0 Å². The Morgan fingerprint density at radius 2 is 1.57 bits per heavy atom. The smallest absolute Gasteiger partial charge is 0.255 e. The number of carbonyl (C=O) groups excluding carboxylic acids is 3. The number of likely N-dealkylation sites (tertiary alicyclic amines) is 1. The summed E-state index contributed by atoms with van der Waals surface area (Å²) in [6.07, 6.45) is 3.40. The van der Waals surface area contributed by atoms with Crippen LogP contribution in [0.5, 0.6) is 0 Å². The summed E-state index contributed by atoms with van der Waals surface area (Å²) in [6.45, 7) is 3.47. The van der Waals surface area contributed by atoms with Crippen LogP contribution in [0.3, 0.4) is 0 Å². The first-order valence-corrected chi connectivity index (χ1v) is 9.82. The van der Waals surface area contributed by atoms with E-state index >= 15 is 0 Å². The summed E-state index contributed by atoms with van der Waals surface area (Å²) in [5, 5.41) is 2.81. The van der Waals surface area contributed by atoms with Gasteiger partial charge in [0.15, 0.2) is 5.78 Å². The van der Waals surface area contributed by atoms with E-state index in [0.29, 0.717) is 16.8 Å². The fourth-order valence-electron chi connectivity index (χ4n) is 3.37. The van der Waals surface area contributed by atoms with Crippen LogP contribution in [0.2, 0.25) is 0 Å². The van der Waals surface area contributed by atoms with Gasteiger partial charge in [-0.15, -0.1) is 0 Å². The lowest BCUT2D eigenvalue weighted by molar-refractivity contribution is -0.116. The standard InChI is InChI=1S/C23H26N2O3/c1-17-9-11-18(12-10-17)21(26)13-14-22(27)24-20-8-4-3-7-19(20)23(28)25-15-5-2-6-16-25/h3-4,7-12H,2,5-6,13-16H2,1H3,(H,24,27). The predicted octanol–water partition coefficient (Wildman–Crippen LogP) is 4.22. The van der Waals surface area contributed by atoms with E-state index < -0.39 is 0 Å². The predicted molar refractivity (Wildman–Crippen MR) is 110 cm³/mol. The van der Waals surface area contributed by atoms with Gasteiger partial charge in [-0.25, -0.2) is 0 Å². The van der Waals surface area contributed by atoms with Crippen molar-refractivity contribution in [3.8, 4) is 0 Å². The Kier molecular flexibility index (Phi) is 6.58. The first-order valence-electron chi connectivity index (χ1n) is 9.82. The van der Waals surface area contributed by atoms with E-state index in [1.54, 1.807) is 36.4 Å². The van der Waals surface area contributed by atoms with Gasteiger partial charge in [-0.3, -0.25) is 14.4 Å². The molecule has 1 saturated heterocycles. The van der Waals surface area contributed by atoms with Crippen molar-refractivity contribution in [2.75, 3.05) is 18.4 Å². The zero-order chi connectivity index (χ0) is 19.9. The molecule has 5 nitrogen and oxygen atoms in total. The number of carbonyl (C=O) groups is 3.